The Bertz CT molecular complexity index is 325. The number of benzene rings is 1. The molecule has 13 heavy (non-hydrogen) atoms. The van der Waals surface area contributed by atoms with Crippen LogP contribution in [0.4, 0.5) is 0 Å². The third kappa shape index (κ3) is 2.63. The van der Waals surface area contributed by atoms with Crippen LogP contribution in [0.3, 0.4) is 0 Å². The quantitative estimate of drug-likeness (QED) is 0.669. The van der Waals surface area contributed by atoms with Crippen molar-refractivity contribution in [1.29, 1.82) is 0 Å². The molecular weight excluding hydrogens is 164 g/mol. The summed E-state index contributed by atoms with van der Waals surface area (Å²) >= 11 is 0. The summed E-state index contributed by atoms with van der Waals surface area (Å²) in [4.78, 5) is 3.79. The van der Waals surface area contributed by atoms with Crippen LogP contribution < -0.4 is 5.73 Å². The summed E-state index contributed by atoms with van der Waals surface area (Å²) < 4.78 is 0. The van der Waals surface area contributed by atoms with E-state index in [2.05, 4.69) is 4.99 Å². The van der Waals surface area contributed by atoms with Gasteiger partial charge in [0, 0.05) is 19.0 Å². The van der Waals surface area contributed by atoms with Crippen LogP contribution in [0.15, 0.2) is 35.3 Å². The van der Waals surface area contributed by atoms with Crippen molar-refractivity contribution in [3.8, 4) is 5.75 Å². The number of nitrogens with two attached hydrogens (primary N) is 1. The smallest absolute Gasteiger partial charge is 0.115 e. The van der Waals surface area contributed by atoms with Crippen molar-refractivity contribution >= 4 is 11.9 Å². The molecule has 0 radical (unpaired) electrons. The molecule has 3 heteroatoms. The summed E-state index contributed by atoms with van der Waals surface area (Å²) in [6, 6.07) is 6.70. The van der Waals surface area contributed by atoms with Gasteiger partial charge in [0.15, 0.2) is 0 Å². The Hall–Kier alpha value is -1.77. The molecule has 0 aliphatic heterocycles. The van der Waals surface area contributed by atoms with Crippen LogP contribution >= 0.6 is 0 Å². The molecule has 0 amide bonds. The topological polar surface area (TPSA) is 58.6 Å². The Labute approximate surface area is 77.2 Å². The Kier molecular flexibility index (Phi) is 3.09. The van der Waals surface area contributed by atoms with Gasteiger partial charge in [-0.15, -0.1) is 0 Å². The van der Waals surface area contributed by atoms with Gasteiger partial charge < -0.3 is 10.8 Å². The minimum absolute atomic E-state index is 0.237. The minimum Gasteiger partial charge on any atom is -0.508 e. The lowest BCUT2D eigenvalue weighted by Gasteiger charge is -1.99. The van der Waals surface area contributed by atoms with Gasteiger partial charge in [-0.25, -0.2) is 0 Å². The number of nitrogens with zero attached hydrogens (tertiary/aromatic N) is 1. The molecule has 3 N–H and O–H groups in total. The van der Waals surface area contributed by atoms with Crippen LogP contribution in [-0.2, 0) is 0 Å². The van der Waals surface area contributed by atoms with E-state index in [4.69, 9.17) is 10.8 Å². The highest BCUT2D eigenvalue weighted by atomic mass is 16.3. The van der Waals surface area contributed by atoms with Gasteiger partial charge in [-0.2, -0.15) is 0 Å². The van der Waals surface area contributed by atoms with E-state index in [0.29, 0.717) is 5.70 Å². The number of hydrogen-bond acceptors (Lipinski definition) is 3. The molecule has 0 heterocycles. The van der Waals surface area contributed by atoms with Gasteiger partial charge >= 0.3 is 0 Å². The van der Waals surface area contributed by atoms with Gasteiger partial charge in [-0.05, 0) is 35.9 Å². The maximum absolute atomic E-state index is 9.03. The van der Waals surface area contributed by atoms with Crippen LogP contribution in [0, 0.1) is 0 Å². The number of hydrogen-bond donors (Lipinski definition) is 2. The number of rotatable bonds is 2. The van der Waals surface area contributed by atoms with Gasteiger partial charge in [0.1, 0.15) is 5.75 Å². The molecule has 68 valence electrons. The molecule has 0 saturated heterocycles. The van der Waals surface area contributed by atoms with E-state index >= 15 is 0 Å². The second-order valence-corrected chi connectivity index (χ2v) is 2.58. The fourth-order valence-corrected chi connectivity index (χ4v) is 0.905. The normalized spacial score (nSPS) is 12.2. The van der Waals surface area contributed by atoms with Gasteiger partial charge in [-0.1, -0.05) is 0 Å². The van der Waals surface area contributed by atoms with Crippen LogP contribution in [0.2, 0.25) is 0 Å². The lowest BCUT2D eigenvalue weighted by Crippen LogP contribution is -1.95. The van der Waals surface area contributed by atoms with Gasteiger partial charge in [0.2, 0.25) is 0 Å². The Morgan fingerprint density at radius 3 is 2.54 bits per heavy atom. The summed E-state index contributed by atoms with van der Waals surface area (Å²) in [5.41, 5.74) is 7.22. The molecule has 0 aliphatic rings. The van der Waals surface area contributed by atoms with Crippen molar-refractivity contribution in [3.63, 3.8) is 0 Å². The zero-order chi connectivity index (χ0) is 9.68. The maximum atomic E-state index is 9.03. The van der Waals surface area contributed by atoms with E-state index in [0.717, 1.165) is 5.56 Å². The average molecular weight is 176 g/mol. The monoisotopic (exact) mass is 176 g/mol. The molecule has 0 atom stereocenters. The second-order valence-electron chi connectivity index (χ2n) is 2.58. The summed E-state index contributed by atoms with van der Waals surface area (Å²) in [5, 5.41) is 9.03. The SMILES string of the molecule is CN=CC=C(N)c1ccc(O)cc1. The molecule has 0 bridgehead atoms. The van der Waals surface area contributed by atoms with Crippen LogP contribution in [0.5, 0.6) is 5.75 Å². The molecule has 3 nitrogen and oxygen atoms in total. The molecule has 0 aliphatic carbocycles. The zero-order valence-electron chi connectivity index (χ0n) is 7.44. The van der Waals surface area contributed by atoms with E-state index < -0.39 is 0 Å². The van der Waals surface area contributed by atoms with E-state index in [1.54, 1.807) is 43.6 Å². The molecule has 1 aromatic carbocycles. The largest absolute Gasteiger partial charge is 0.508 e. The van der Waals surface area contributed by atoms with Crippen molar-refractivity contribution in [2.45, 2.75) is 0 Å². The molecule has 0 spiro atoms. The third-order valence-corrected chi connectivity index (χ3v) is 1.60. The minimum atomic E-state index is 0.237. The highest BCUT2D eigenvalue weighted by Crippen LogP contribution is 2.13. The fraction of sp³-hybridized carbons (Fsp3) is 0.100. The van der Waals surface area contributed by atoms with Crippen molar-refractivity contribution in [3.05, 3.63) is 35.9 Å². The van der Waals surface area contributed by atoms with E-state index in [1.807, 2.05) is 0 Å². The van der Waals surface area contributed by atoms with Gasteiger partial charge in [0.05, 0.1) is 0 Å². The van der Waals surface area contributed by atoms with Gasteiger partial charge in [-0.3, -0.25) is 4.99 Å². The van der Waals surface area contributed by atoms with E-state index in [9.17, 15) is 0 Å². The molecular formula is C10H12N2O. The number of allylic oxidation sites excluding steroid dienone is 1. The van der Waals surface area contributed by atoms with Crippen LogP contribution in [0.1, 0.15) is 5.56 Å². The number of aromatic hydroxyl groups is 1. The fourth-order valence-electron chi connectivity index (χ4n) is 0.905. The van der Waals surface area contributed by atoms with Crippen LogP contribution in [0.25, 0.3) is 5.70 Å². The molecule has 0 aromatic heterocycles. The predicted molar refractivity (Wildman–Crippen MR) is 54.7 cm³/mol. The van der Waals surface area contributed by atoms with Crippen molar-refractivity contribution in [2.75, 3.05) is 7.05 Å². The first-order chi connectivity index (χ1) is 6.24. The molecule has 0 saturated carbocycles. The molecule has 0 fully saturated rings. The first-order valence-electron chi connectivity index (χ1n) is 3.91. The van der Waals surface area contributed by atoms with E-state index in [-0.39, 0.29) is 5.75 Å². The third-order valence-electron chi connectivity index (χ3n) is 1.60. The highest BCUT2D eigenvalue weighted by molar-refractivity contribution is 5.83. The summed E-state index contributed by atoms with van der Waals surface area (Å²) in [5.74, 6) is 0.237. The molecule has 1 aromatic rings. The summed E-state index contributed by atoms with van der Waals surface area (Å²) in [6.45, 7) is 0. The Morgan fingerprint density at radius 2 is 2.00 bits per heavy atom. The lowest BCUT2D eigenvalue weighted by atomic mass is 10.1. The van der Waals surface area contributed by atoms with Gasteiger partial charge in [0.25, 0.3) is 0 Å². The zero-order valence-corrected chi connectivity index (χ0v) is 7.44. The molecule has 0 unspecified atom stereocenters. The maximum Gasteiger partial charge on any atom is 0.115 e. The highest BCUT2D eigenvalue weighted by Gasteiger charge is 1.94. The second kappa shape index (κ2) is 4.30. The van der Waals surface area contributed by atoms with E-state index in [1.165, 1.54) is 0 Å². The predicted octanol–water partition coefficient (Wildman–Crippen LogP) is 1.39. The van der Waals surface area contributed by atoms with Crippen molar-refractivity contribution < 1.29 is 5.11 Å². The Morgan fingerprint density at radius 1 is 1.38 bits per heavy atom. The number of aliphatic imine (C=N–C) groups is 1. The summed E-state index contributed by atoms with van der Waals surface area (Å²) in [7, 11) is 1.68. The molecule has 1 rings (SSSR count). The van der Waals surface area contributed by atoms with Crippen molar-refractivity contribution in [2.24, 2.45) is 10.7 Å². The number of phenolic OH excluding ortho intramolecular Hbond substituents is 1. The van der Waals surface area contributed by atoms with Crippen molar-refractivity contribution in [1.82, 2.24) is 0 Å². The Balaban J connectivity index is 2.89. The first kappa shape index (κ1) is 9.32. The number of phenols is 1. The average Bonchev–Trinajstić information content (AvgIpc) is 2.15. The summed E-state index contributed by atoms with van der Waals surface area (Å²) in [6.07, 6.45) is 3.34. The standard InChI is InChI=1S/C10H12N2O/c1-12-7-6-10(11)8-2-4-9(13)5-3-8/h2-7,13H,11H2,1H3. The first-order valence-corrected chi connectivity index (χ1v) is 3.91. The van der Waals surface area contributed by atoms with Crippen LogP contribution in [-0.4, -0.2) is 18.4 Å². The lowest BCUT2D eigenvalue weighted by molar-refractivity contribution is 0.475.